The normalized spacial score (nSPS) is 18.6. The summed E-state index contributed by atoms with van der Waals surface area (Å²) in [6.45, 7) is 1.95. The third kappa shape index (κ3) is 5.88. The summed E-state index contributed by atoms with van der Waals surface area (Å²) in [5.74, 6) is -9.30. The van der Waals surface area contributed by atoms with Crippen LogP contribution in [0.3, 0.4) is 0 Å². The van der Waals surface area contributed by atoms with E-state index in [4.69, 9.17) is 9.47 Å². The zero-order chi connectivity index (χ0) is 26.7. The Balaban J connectivity index is 1.45. The van der Waals surface area contributed by atoms with E-state index < -0.39 is 64.1 Å². The fourth-order valence-corrected chi connectivity index (χ4v) is 4.08. The van der Waals surface area contributed by atoms with E-state index in [1.54, 1.807) is 12.1 Å². The van der Waals surface area contributed by atoms with E-state index in [0.717, 1.165) is 18.6 Å². The molecular formula is C28H23F7O2. The second kappa shape index (κ2) is 11.5. The van der Waals surface area contributed by atoms with Crippen molar-refractivity contribution in [1.82, 2.24) is 0 Å². The lowest BCUT2D eigenvalue weighted by molar-refractivity contribution is -0.191. The molecule has 4 rings (SSSR count). The topological polar surface area (TPSA) is 18.5 Å². The van der Waals surface area contributed by atoms with Crippen LogP contribution in [0, 0.1) is 29.1 Å². The van der Waals surface area contributed by atoms with E-state index in [9.17, 15) is 30.7 Å². The van der Waals surface area contributed by atoms with Crippen LogP contribution >= 0.6 is 0 Å². The standard InChI is InChI=1S/C28H23F7O2/c1-2-3-4-20(29)26(34)15-5-7-16(8-6-15)28-36-13-19(14-37-28)17-9-21(30)25(22(31)10-17)18-11-23(32)27(35)24(33)12-18/h5-12,19,28H,2-4,13-14H2,1H3. The maximum Gasteiger partial charge on any atom is 0.194 e. The lowest BCUT2D eigenvalue weighted by Gasteiger charge is -2.30. The molecule has 0 atom stereocenters. The van der Waals surface area contributed by atoms with Crippen LogP contribution < -0.4 is 0 Å². The van der Waals surface area contributed by atoms with Gasteiger partial charge in [0.2, 0.25) is 0 Å². The first kappa shape index (κ1) is 26.9. The number of halogens is 7. The zero-order valence-corrected chi connectivity index (χ0v) is 19.8. The maximum atomic E-state index is 14.8. The highest BCUT2D eigenvalue weighted by Gasteiger charge is 2.27. The summed E-state index contributed by atoms with van der Waals surface area (Å²) in [5, 5.41) is 0. The first-order valence-corrected chi connectivity index (χ1v) is 11.7. The molecular weight excluding hydrogens is 501 g/mol. The summed E-state index contributed by atoms with van der Waals surface area (Å²) in [6, 6.07) is 8.97. The van der Waals surface area contributed by atoms with Crippen molar-refractivity contribution >= 4 is 5.83 Å². The molecule has 0 aliphatic carbocycles. The Hall–Kier alpha value is -3.17. The van der Waals surface area contributed by atoms with Crippen LogP contribution in [0.2, 0.25) is 0 Å². The predicted molar refractivity (Wildman–Crippen MR) is 124 cm³/mol. The van der Waals surface area contributed by atoms with Crippen molar-refractivity contribution in [3.05, 3.63) is 100 Å². The molecule has 2 nitrogen and oxygen atoms in total. The van der Waals surface area contributed by atoms with Gasteiger partial charge in [-0.25, -0.2) is 30.7 Å². The zero-order valence-electron chi connectivity index (χ0n) is 19.8. The van der Waals surface area contributed by atoms with Gasteiger partial charge in [0.15, 0.2) is 29.6 Å². The number of hydrogen-bond acceptors (Lipinski definition) is 2. The van der Waals surface area contributed by atoms with Crippen LogP contribution in [0.25, 0.3) is 17.0 Å². The predicted octanol–water partition coefficient (Wildman–Crippen LogP) is 8.68. The van der Waals surface area contributed by atoms with Crippen molar-refractivity contribution in [2.75, 3.05) is 13.2 Å². The summed E-state index contributed by atoms with van der Waals surface area (Å²) < 4.78 is 109. The number of unbranched alkanes of at least 4 members (excludes halogenated alkanes) is 1. The Labute approximate surface area is 209 Å². The van der Waals surface area contributed by atoms with Gasteiger partial charge in [-0.3, -0.25) is 0 Å². The number of ether oxygens (including phenoxy) is 2. The highest BCUT2D eigenvalue weighted by molar-refractivity contribution is 5.66. The summed E-state index contributed by atoms with van der Waals surface area (Å²) in [7, 11) is 0. The molecule has 1 fully saturated rings. The Kier molecular flexibility index (Phi) is 8.34. The molecule has 1 saturated heterocycles. The molecule has 1 aliphatic heterocycles. The number of allylic oxidation sites excluding steroid dienone is 1. The highest BCUT2D eigenvalue weighted by atomic mass is 19.2. The minimum Gasteiger partial charge on any atom is -0.348 e. The van der Waals surface area contributed by atoms with Gasteiger partial charge in [0, 0.05) is 23.5 Å². The molecule has 0 bridgehead atoms. The molecule has 0 N–H and O–H groups in total. The number of benzene rings is 3. The molecule has 0 unspecified atom stereocenters. The summed E-state index contributed by atoms with van der Waals surface area (Å²) >= 11 is 0. The van der Waals surface area contributed by atoms with E-state index in [-0.39, 0.29) is 30.8 Å². The molecule has 0 radical (unpaired) electrons. The Morgan fingerprint density at radius 1 is 0.784 bits per heavy atom. The Morgan fingerprint density at radius 2 is 1.35 bits per heavy atom. The molecule has 0 amide bonds. The second-order valence-electron chi connectivity index (χ2n) is 8.75. The van der Waals surface area contributed by atoms with Crippen LogP contribution in [0.5, 0.6) is 0 Å². The van der Waals surface area contributed by atoms with Crippen LogP contribution in [0.4, 0.5) is 30.7 Å². The fourth-order valence-electron chi connectivity index (χ4n) is 4.08. The molecule has 1 heterocycles. The second-order valence-corrected chi connectivity index (χ2v) is 8.75. The average molecular weight is 524 g/mol. The summed E-state index contributed by atoms with van der Waals surface area (Å²) in [6.07, 6.45) is 0.498. The molecule has 9 heteroatoms. The largest absolute Gasteiger partial charge is 0.348 e. The SMILES string of the molecule is CCCCC(F)=C(F)c1ccc(C2OCC(c3cc(F)c(-c4cc(F)c(F)c(F)c4)c(F)c3)CO2)cc1. The highest BCUT2D eigenvalue weighted by Crippen LogP contribution is 2.35. The van der Waals surface area contributed by atoms with Gasteiger partial charge in [-0.05, 0) is 41.8 Å². The fraction of sp³-hybridized carbons (Fsp3) is 0.286. The first-order chi connectivity index (χ1) is 17.7. The lowest BCUT2D eigenvalue weighted by Crippen LogP contribution is -2.26. The minimum atomic E-state index is -1.73. The van der Waals surface area contributed by atoms with Crippen LogP contribution in [-0.4, -0.2) is 13.2 Å². The maximum absolute atomic E-state index is 14.8. The number of rotatable bonds is 7. The van der Waals surface area contributed by atoms with Gasteiger partial charge in [0.25, 0.3) is 0 Å². The minimum absolute atomic E-state index is 0.0279. The van der Waals surface area contributed by atoms with Gasteiger partial charge in [-0.1, -0.05) is 37.6 Å². The average Bonchev–Trinajstić information content (AvgIpc) is 2.89. The van der Waals surface area contributed by atoms with Gasteiger partial charge in [-0.2, -0.15) is 0 Å². The first-order valence-electron chi connectivity index (χ1n) is 11.7. The van der Waals surface area contributed by atoms with Gasteiger partial charge in [0.05, 0.1) is 18.8 Å². The van der Waals surface area contributed by atoms with Crippen molar-refractivity contribution in [3.8, 4) is 11.1 Å². The Morgan fingerprint density at radius 3 is 1.89 bits per heavy atom. The lowest BCUT2D eigenvalue weighted by atomic mass is 9.95. The number of hydrogen-bond donors (Lipinski definition) is 0. The third-order valence-corrected chi connectivity index (χ3v) is 6.13. The van der Waals surface area contributed by atoms with Gasteiger partial charge >= 0.3 is 0 Å². The third-order valence-electron chi connectivity index (χ3n) is 6.13. The quantitative estimate of drug-likeness (QED) is 0.227. The van der Waals surface area contributed by atoms with Crippen molar-refractivity contribution in [1.29, 1.82) is 0 Å². The molecule has 3 aromatic carbocycles. The van der Waals surface area contributed by atoms with E-state index >= 15 is 0 Å². The monoisotopic (exact) mass is 524 g/mol. The summed E-state index contributed by atoms with van der Waals surface area (Å²) in [4.78, 5) is 0. The molecule has 196 valence electrons. The molecule has 0 spiro atoms. The van der Waals surface area contributed by atoms with Crippen LogP contribution in [-0.2, 0) is 9.47 Å². The van der Waals surface area contributed by atoms with Crippen molar-refractivity contribution in [2.45, 2.75) is 38.4 Å². The van der Waals surface area contributed by atoms with Crippen LogP contribution in [0.1, 0.15) is 55.1 Å². The molecule has 3 aromatic rings. The van der Waals surface area contributed by atoms with E-state index in [0.29, 0.717) is 24.1 Å². The smallest absolute Gasteiger partial charge is 0.194 e. The summed E-state index contributed by atoms with van der Waals surface area (Å²) in [5.41, 5.74) is -0.320. The van der Waals surface area contributed by atoms with E-state index in [1.807, 2.05) is 6.92 Å². The van der Waals surface area contributed by atoms with Crippen molar-refractivity contribution in [2.24, 2.45) is 0 Å². The van der Waals surface area contributed by atoms with Gasteiger partial charge in [0.1, 0.15) is 17.5 Å². The molecule has 1 aliphatic rings. The van der Waals surface area contributed by atoms with E-state index in [1.165, 1.54) is 12.1 Å². The van der Waals surface area contributed by atoms with Crippen molar-refractivity contribution in [3.63, 3.8) is 0 Å². The van der Waals surface area contributed by atoms with Gasteiger partial charge < -0.3 is 9.47 Å². The van der Waals surface area contributed by atoms with E-state index in [2.05, 4.69) is 0 Å². The van der Waals surface area contributed by atoms with Gasteiger partial charge in [-0.15, -0.1) is 0 Å². The van der Waals surface area contributed by atoms with Crippen LogP contribution in [0.15, 0.2) is 54.4 Å². The van der Waals surface area contributed by atoms with Crippen molar-refractivity contribution < 1.29 is 40.2 Å². The Bertz CT molecular complexity index is 1250. The molecule has 0 aromatic heterocycles. The molecule has 0 saturated carbocycles. The molecule has 37 heavy (non-hydrogen) atoms.